The van der Waals surface area contributed by atoms with Crippen LogP contribution in [0.15, 0.2) is 35.5 Å². The van der Waals surface area contributed by atoms with E-state index in [1.54, 1.807) is 18.7 Å². The Morgan fingerprint density at radius 2 is 1.86 bits per heavy atom. The molecule has 1 saturated heterocycles. The molecule has 4 unspecified atom stereocenters. The van der Waals surface area contributed by atoms with Crippen molar-refractivity contribution in [3.8, 4) is 0 Å². The Morgan fingerprint density at radius 1 is 1.14 bits per heavy atom. The number of nitrogens with one attached hydrogen (secondary N) is 3. The lowest BCUT2D eigenvalue weighted by atomic mass is 9.74. The summed E-state index contributed by atoms with van der Waals surface area (Å²) < 4.78 is 5.34. The van der Waals surface area contributed by atoms with Crippen molar-refractivity contribution in [1.82, 2.24) is 16.0 Å². The van der Waals surface area contributed by atoms with E-state index in [1.807, 2.05) is 38.1 Å². The highest BCUT2D eigenvalue weighted by Gasteiger charge is 2.48. The summed E-state index contributed by atoms with van der Waals surface area (Å²) >= 11 is 1.71. The van der Waals surface area contributed by atoms with Crippen molar-refractivity contribution in [3.05, 3.63) is 46.7 Å². The van der Waals surface area contributed by atoms with Gasteiger partial charge in [-0.2, -0.15) is 0 Å². The summed E-state index contributed by atoms with van der Waals surface area (Å²) in [5.74, 6) is -0.237. The SMILES string of the molecule is CCCCSC1NC(=O)C2C(NC(C)=C(C(=O)OCC)C2c2ccc(C)cc2)N1. The number of hydrogen-bond donors (Lipinski definition) is 3. The first kappa shape index (κ1) is 21.7. The molecule has 4 atom stereocenters. The van der Waals surface area contributed by atoms with Crippen molar-refractivity contribution in [2.45, 2.75) is 58.1 Å². The molecule has 0 aromatic heterocycles. The zero-order chi connectivity index (χ0) is 21.0. The molecular weight excluding hydrogens is 386 g/mol. The second-order valence-electron chi connectivity index (χ2n) is 7.57. The fourth-order valence-electron chi connectivity index (χ4n) is 3.96. The average Bonchev–Trinajstić information content (AvgIpc) is 2.68. The Balaban J connectivity index is 1.95. The maximum absolute atomic E-state index is 13.2. The monoisotopic (exact) mass is 417 g/mol. The van der Waals surface area contributed by atoms with Gasteiger partial charge in [0.2, 0.25) is 5.91 Å². The number of esters is 1. The number of unbranched alkanes of at least 4 members (excludes halogenated alkanes) is 1. The van der Waals surface area contributed by atoms with Crippen molar-refractivity contribution >= 4 is 23.6 Å². The van der Waals surface area contributed by atoms with Gasteiger partial charge in [0.25, 0.3) is 0 Å². The minimum absolute atomic E-state index is 0.0462. The van der Waals surface area contributed by atoms with Gasteiger partial charge >= 0.3 is 5.97 Å². The number of fused-ring (bicyclic) bond motifs is 1. The lowest BCUT2D eigenvalue weighted by molar-refractivity contribution is -0.139. The van der Waals surface area contributed by atoms with Gasteiger partial charge in [0.15, 0.2) is 0 Å². The summed E-state index contributed by atoms with van der Waals surface area (Å²) in [4.78, 5) is 26.0. The van der Waals surface area contributed by atoms with Crippen LogP contribution in [0.5, 0.6) is 0 Å². The van der Waals surface area contributed by atoms with Gasteiger partial charge in [-0.15, -0.1) is 11.8 Å². The Morgan fingerprint density at radius 3 is 2.52 bits per heavy atom. The molecule has 2 aliphatic heterocycles. The van der Waals surface area contributed by atoms with Crippen LogP contribution in [0.3, 0.4) is 0 Å². The number of rotatable bonds is 7. The highest BCUT2D eigenvalue weighted by Crippen LogP contribution is 2.40. The molecule has 3 N–H and O–H groups in total. The van der Waals surface area contributed by atoms with Crippen molar-refractivity contribution in [1.29, 1.82) is 0 Å². The number of hydrogen-bond acceptors (Lipinski definition) is 6. The Labute approximate surface area is 177 Å². The molecule has 2 heterocycles. The van der Waals surface area contributed by atoms with Crippen molar-refractivity contribution < 1.29 is 14.3 Å². The maximum Gasteiger partial charge on any atom is 0.336 e. The average molecular weight is 418 g/mol. The van der Waals surface area contributed by atoms with E-state index >= 15 is 0 Å². The third-order valence-corrected chi connectivity index (χ3v) is 6.54. The molecule has 2 aliphatic rings. The summed E-state index contributed by atoms with van der Waals surface area (Å²) in [6.45, 7) is 8.15. The normalized spacial score (nSPS) is 26.4. The fraction of sp³-hybridized carbons (Fsp3) is 0.545. The van der Waals surface area contributed by atoms with E-state index in [1.165, 1.54) is 0 Å². The van der Waals surface area contributed by atoms with Crippen LogP contribution in [0, 0.1) is 12.8 Å². The molecule has 1 aromatic rings. The fourth-order valence-corrected chi connectivity index (χ4v) is 5.09. The van der Waals surface area contributed by atoms with E-state index in [2.05, 4.69) is 22.9 Å². The lowest BCUT2D eigenvalue weighted by Crippen LogP contribution is -2.67. The topological polar surface area (TPSA) is 79.5 Å². The van der Waals surface area contributed by atoms with Gasteiger partial charge in [0, 0.05) is 11.6 Å². The maximum atomic E-state index is 13.2. The predicted octanol–water partition coefficient (Wildman–Crippen LogP) is 3.00. The van der Waals surface area contributed by atoms with Gasteiger partial charge in [0.05, 0.1) is 24.3 Å². The van der Waals surface area contributed by atoms with Crippen LogP contribution in [0.1, 0.15) is 50.7 Å². The predicted molar refractivity (Wildman–Crippen MR) is 116 cm³/mol. The second-order valence-corrected chi connectivity index (χ2v) is 8.79. The number of carbonyl (C=O) groups is 2. The molecule has 1 amide bonds. The van der Waals surface area contributed by atoms with Gasteiger partial charge in [-0.25, -0.2) is 4.79 Å². The first-order valence-electron chi connectivity index (χ1n) is 10.3. The highest BCUT2D eigenvalue weighted by molar-refractivity contribution is 7.99. The number of ether oxygens (including phenoxy) is 1. The Bertz CT molecular complexity index is 778. The Kier molecular flexibility index (Phi) is 7.24. The van der Waals surface area contributed by atoms with Crippen molar-refractivity contribution in [3.63, 3.8) is 0 Å². The van der Waals surface area contributed by atoms with Crippen LogP contribution in [-0.2, 0) is 14.3 Å². The van der Waals surface area contributed by atoms with Crippen molar-refractivity contribution in [2.75, 3.05) is 12.4 Å². The minimum Gasteiger partial charge on any atom is -0.463 e. The number of allylic oxidation sites excluding steroid dienone is 1. The number of carbonyl (C=O) groups excluding carboxylic acids is 2. The van der Waals surface area contributed by atoms with E-state index in [0.29, 0.717) is 12.2 Å². The van der Waals surface area contributed by atoms with Gasteiger partial charge in [-0.05, 0) is 38.5 Å². The summed E-state index contributed by atoms with van der Waals surface area (Å²) in [6.07, 6.45) is 1.99. The molecule has 1 aromatic carbocycles. The third-order valence-electron chi connectivity index (χ3n) is 5.43. The first-order chi connectivity index (χ1) is 14.0. The molecular formula is C22H31N3O3S. The van der Waals surface area contributed by atoms with E-state index in [4.69, 9.17) is 4.74 Å². The number of benzene rings is 1. The van der Waals surface area contributed by atoms with Crippen LogP contribution in [0.4, 0.5) is 0 Å². The standard InChI is InChI=1S/C22H31N3O3S/c1-5-7-12-29-22-24-19-18(20(26)25-22)17(15-10-8-13(3)9-11-15)16(14(4)23-19)21(27)28-6-2/h8-11,17-19,22-24H,5-7,12H2,1-4H3,(H,25,26). The number of amides is 1. The van der Waals surface area contributed by atoms with E-state index in [9.17, 15) is 9.59 Å². The van der Waals surface area contributed by atoms with Gasteiger partial charge in [0.1, 0.15) is 5.50 Å². The zero-order valence-corrected chi connectivity index (χ0v) is 18.4. The molecule has 6 nitrogen and oxygen atoms in total. The number of thioether (sulfide) groups is 1. The van der Waals surface area contributed by atoms with Crippen LogP contribution < -0.4 is 16.0 Å². The smallest absolute Gasteiger partial charge is 0.336 e. The highest BCUT2D eigenvalue weighted by atomic mass is 32.2. The van der Waals surface area contributed by atoms with Crippen molar-refractivity contribution in [2.24, 2.45) is 5.92 Å². The van der Waals surface area contributed by atoms with E-state index in [0.717, 1.165) is 35.4 Å². The van der Waals surface area contributed by atoms with Crippen LogP contribution in [0.2, 0.25) is 0 Å². The molecule has 0 spiro atoms. The molecule has 3 rings (SSSR count). The van der Waals surface area contributed by atoms with E-state index in [-0.39, 0.29) is 29.5 Å². The molecule has 0 radical (unpaired) electrons. The second kappa shape index (κ2) is 9.67. The largest absolute Gasteiger partial charge is 0.463 e. The van der Waals surface area contributed by atoms with Crippen LogP contribution in [0.25, 0.3) is 0 Å². The van der Waals surface area contributed by atoms with Crippen LogP contribution >= 0.6 is 11.8 Å². The molecule has 29 heavy (non-hydrogen) atoms. The summed E-state index contributed by atoms with van der Waals surface area (Å²) in [5, 5.41) is 9.96. The summed E-state index contributed by atoms with van der Waals surface area (Å²) in [6, 6.07) is 8.04. The molecule has 0 bridgehead atoms. The first-order valence-corrected chi connectivity index (χ1v) is 11.4. The van der Waals surface area contributed by atoms with Gasteiger partial charge in [-0.3, -0.25) is 10.1 Å². The molecule has 158 valence electrons. The van der Waals surface area contributed by atoms with Gasteiger partial charge in [-0.1, -0.05) is 43.2 Å². The summed E-state index contributed by atoms with van der Waals surface area (Å²) in [7, 11) is 0. The molecule has 0 aliphatic carbocycles. The quantitative estimate of drug-likeness (QED) is 0.468. The molecule has 1 fully saturated rings. The molecule has 0 saturated carbocycles. The van der Waals surface area contributed by atoms with E-state index < -0.39 is 5.92 Å². The van der Waals surface area contributed by atoms with Gasteiger partial charge < -0.3 is 15.4 Å². The molecule has 7 heteroatoms. The zero-order valence-electron chi connectivity index (χ0n) is 17.6. The minimum atomic E-state index is -0.441. The number of aryl methyl sites for hydroxylation is 1. The Hall–Kier alpha value is -1.99. The lowest BCUT2D eigenvalue weighted by Gasteiger charge is -2.45. The van der Waals surface area contributed by atoms with Crippen LogP contribution in [-0.4, -0.2) is 35.9 Å². The summed E-state index contributed by atoms with van der Waals surface area (Å²) in [5.41, 5.74) is 3.24. The third kappa shape index (κ3) is 4.78.